The molecular formula is C20H18ClNO3S. The van der Waals surface area contributed by atoms with Gasteiger partial charge in [-0.2, -0.15) is 0 Å². The standard InChI is InChI=1S/C20H18ClNO3S/c1-13-3-4-15(21)10-18(13)22-20(23)19-9-14(12-26-19)11-25-17-7-5-16(24-2)6-8-17/h3-10,12H,11H2,1-2H3,(H,22,23). The molecule has 0 aliphatic carbocycles. The summed E-state index contributed by atoms with van der Waals surface area (Å²) in [6.45, 7) is 2.32. The minimum absolute atomic E-state index is 0.156. The van der Waals surface area contributed by atoms with E-state index in [1.165, 1.54) is 11.3 Å². The number of ether oxygens (including phenoxy) is 2. The van der Waals surface area contributed by atoms with Crippen LogP contribution in [0.1, 0.15) is 20.8 Å². The van der Waals surface area contributed by atoms with E-state index in [0.717, 1.165) is 22.6 Å². The predicted octanol–water partition coefficient (Wildman–Crippen LogP) is 5.55. The number of aryl methyl sites for hydroxylation is 1. The molecule has 6 heteroatoms. The lowest BCUT2D eigenvalue weighted by Crippen LogP contribution is -2.11. The Hall–Kier alpha value is -2.50. The highest BCUT2D eigenvalue weighted by molar-refractivity contribution is 7.12. The molecule has 0 aliphatic rings. The molecule has 0 saturated heterocycles. The summed E-state index contributed by atoms with van der Waals surface area (Å²) < 4.78 is 10.9. The van der Waals surface area contributed by atoms with Gasteiger partial charge in [0, 0.05) is 16.3 Å². The van der Waals surface area contributed by atoms with Crippen LogP contribution in [-0.2, 0) is 6.61 Å². The topological polar surface area (TPSA) is 47.6 Å². The molecule has 1 heterocycles. The predicted molar refractivity (Wildman–Crippen MR) is 106 cm³/mol. The van der Waals surface area contributed by atoms with Gasteiger partial charge in [0.25, 0.3) is 5.91 Å². The maximum atomic E-state index is 12.4. The number of rotatable bonds is 6. The molecule has 0 bridgehead atoms. The van der Waals surface area contributed by atoms with Gasteiger partial charge in [-0.15, -0.1) is 11.3 Å². The smallest absolute Gasteiger partial charge is 0.265 e. The fourth-order valence-electron chi connectivity index (χ4n) is 2.32. The van der Waals surface area contributed by atoms with Gasteiger partial charge in [-0.3, -0.25) is 4.79 Å². The number of carbonyl (C=O) groups is 1. The lowest BCUT2D eigenvalue weighted by Gasteiger charge is -2.07. The number of nitrogens with one attached hydrogen (secondary N) is 1. The van der Waals surface area contributed by atoms with E-state index in [-0.39, 0.29) is 5.91 Å². The van der Waals surface area contributed by atoms with Crippen molar-refractivity contribution < 1.29 is 14.3 Å². The van der Waals surface area contributed by atoms with E-state index in [0.29, 0.717) is 22.2 Å². The first kappa shape index (κ1) is 18.3. The molecular weight excluding hydrogens is 370 g/mol. The third-order valence-corrected chi connectivity index (χ3v) is 5.00. The van der Waals surface area contributed by atoms with Crippen molar-refractivity contribution in [2.45, 2.75) is 13.5 Å². The summed E-state index contributed by atoms with van der Waals surface area (Å²) in [4.78, 5) is 13.1. The molecule has 3 rings (SSSR count). The molecule has 1 aromatic heterocycles. The second kappa shape index (κ2) is 8.25. The van der Waals surface area contributed by atoms with Crippen molar-refractivity contribution in [2.75, 3.05) is 12.4 Å². The Morgan fingerprint density at radius 1 is 1.12 bits per heavy atom. The SMILES string of the molecule is COc1ccc(OCc2csc(C(=O)Nc3cc(Cl)ccc3C)c2)cc1. The van der Waals surface area contributed by atoms with Crippen molar-refractivity contribution >= 4 is 34.5 Å². The quantitative estimate of drug-likeness (QED) is 0.603. The van der Waals surface area contributed by atoms with Crippen molar-refractivity contribution in [1.82, 2.24) is 0 Å². The van der Waals surface area contributed by atoms with Crippen molar-refractivity contribution in [3.05, 3.63) is 74.9 Å². The Labute approximate surface area is 161 Å². The van der Waals surface area contributed by atoms with Gasteiger partial charge in [0.15, 0.2) is 0 Å². The van der Waals surface area contributed by atoms with Crippen LogP contribution in [0.5, 0.6) is 11.5 Å². The molecule has 0 unspecified atom stereocenters. The number of carbonyl (C=O) groups excluding carboxylic acids is 1. The number of methoxy groups -OCH3 is 1. The Morgan fingerprint density at radius 2 is 1.85 bits per heavy atom. The number of halogens is 1. The van der Waals surface area contributed by atoms with E-state index >= 15 is 0 Å². The Kier molecular flexibility index (Phi) is 5.81. The van der Waals surface area contributed by atoms with E-state index in [2.05, 4.69) is 5.32 Å². The zero-order valence-corrected chi connectivity index (χ0v) is 16.0. The summed E-state index contributed by atoms with van der Waals surface area (Å²) in [6.07, 6.45) is 0. The Bertz CT molecular complexity index is 906. The molecule has 4 nitrogen and oxygen atoms in total. The van der Waals surface area contributed by atoms with Gasteiger partial charge < -0.3 is 14.8 Å². The Balaban J connectivity index is 1.61. The molecule has 0 fully saturated rings. The maximum Gasteiger partial charge on any atom is 0.265 e. The first-order valence-corrected chi connectivity index (χ1v) is 9.22. The molecule has 134 valence electrons. The third-order valence-electron chi connectivity index (χ3n) is 3.79. The summed E-state index contributed by atoms with van der Waals surface area (Å²) in [5.41, 5.74) is 2.62. The van der Waals surface area contributed by atoms with Crippen LogP contribution in [-0.4, -0.2) is 13.0 Å². The average Bonchev–Trinajstić information content (AvgIpc) is 3.12. The number of anilines is 1. The van der Waals surface area contributed by atoms with Gasteiger partial charge in [-0.25, -0.2) is 0 Å². The first-order chi connectivity index (χ1) is 12.5. The van der Waals surface area contributed by atoms with Crippen LogP contribution in [0.3, 0.4) is 0 Å². The van der Waals surface area contributed by atoms with Gasteiger partial charge in [0.05, 0.1) is 12.0 Å². The molecule has 1 amide bonds. The van der Waals surface area contributed by atoms with Crippen LogP contribution < -0.4 is 14.8 Å². The van der Waals surface area contributed by atoms with Gasteiger partial charge in [-0.1, -0.05) is 17.7 Å². The molecule has 0 spiro atoms. The van der Waals surface area contributed by atoms with E-state index in [1.807, 2.05) is 48.7 Å². The van der Waals surface area contributed by atoms with E-state index in [1.54, 1.807) is 19.2 Å². The van der Waals surface area contributed by atoms with E-state index in [9.17, 15) is 4.79 Å². The van der Waals surface area contributed by atoms with Crippen LogP contribution in [0.25, 0.3) is 0 Å². The van der Waals surface area contributed by atoms with Crippen molar-refractivity contribution in [2.24, 2.45) is 0 Å². The lowest BCUT2D eigenvalue weighted by atomic mass is 10.2. The van der Waals surface area contributed by atoms with Gasteiger partial charge >= 0.3 is 0 Å². The first-order valence-electron chi connectivity index (χ1n) is 7.97. The highest BCUT2D eigenvalue weighted by Crippen LogP contribution is 2.23. The van der Waals surface area contributed by atoms with Gasteiger partial charge in [0.2, 0.25) is 0 Å². The zero-order chi connectivity index (χ0) is 18.5. The molecule has 2 aromatic carbocycles. The minimum Gasteiger partial charge on any atom is -0.497 e. The number of amides is 1. The molecule has 26 heavy (non-hydrogen) atoms. The highest BCUT2D eigenvalue weighted by Gasteiger charge is 2.11. The molecule has 0 radical (unpaired) electrons. The molecule has 0 atom stereocenters. The second-order valence-electron chi connectivity index (χ2n) is 5.70. The molecule has 0 saturated carbocycles. The summed E-state index contributed by atoms with van der Waals surface area (Å²) in [5, 5.41) is 5.41. The van der Waals surface area contributed by atoms with Crippen LogP contribution in [0.2, 0.25) is 5.02 Å². The third kappa shape index (κ3) is 4.56. The summed E-state index contributed by atoms with van der Waals surface area (Å²) in [6, 6.07) is 14.6. The van der Waals surface area contributed by atoms with Crippen molar-refractivity contribution in [3.63, 3.8) is 0 Å². The summed E-state index contributed by atoms with van der Waals surface area (Å²) >= 11 is 7.38. The van der Waals surface area contributed by atoms with Gasteiger partial charge in [-0.05, 0) is 60.3 Å². The van der Waals surface area contributed by atoms with Crippen molar-refractivity contribution in [3.8, 4) is 11.5 Å². The molecule has 3 aromatic rings. The fourth-order valence-corrected chi connectivity index (χ4v) is 3.29. The van der Waals surface area contributed by atoms with Crippen LogP contribution in [0, 0.1) is 6.92 Å². The van der Waals surface area contributed by atoms with E-state index < -0.39 is 0 Å². The summed E-state index contributed by atoms with van der Waals surface area (Å²) in [7, 11) is 1.62. The van der Waals surface area contributed by atoms with Gasteiger partial charge in [0.1, 0.15) is 18.1 Å². The monoisotopic (exact) mass is 387 g/mol. The van der Waals surface area contributed by atoms with Crippen LogP contribution in [0.4, 0.5) is 5.69 Å². The number of hydrogen-bond acceptors (Lipinski definition) is 4. The fraction of sp³-hybridized carbons (Fsp3) is 0.150. The van der Waals surface area contributed by atoms with E-state index in [4.69, 9.17) is 21.1 Å². The molecule has 0 aliphatic heterocycles. The number of thiophene rings is 1. The van der Waals surface area contributed by atoms with Crippen LogP contribution >= 0.6 is 22.9 Å². The molecule has 1 N–H and O–H groups in total. The second-order valence-corrected chi connectivity index (χ2v) is 7.04. The highest BCUT2D eigenvalue weighted by atomic mass is 35.5. The van der Waals surface area contributed by atoms with Crippen LogP contribution in [0.15, 0.2) is 53.9 Å². The zero-order valence-electron chi connectivity index (χ0n) is 14.4. The Morgan fingerprint density at radius 3 is 2.58 bits per heavy atom. The summed E-state index contributed by atoms with van der Waals surface area (Å²) in [5.74, 6) is 1.37. The van der Waals surface area contributed by atoms with Crippen molar-refractivity contribution in [1.29, 1.82) is 0 Å². The number of hydrogen-bond donors (Lipinski definition) is 1. The minimum atomic E-state index is -0.156. The lowest BCUT2D eigenvalue weighted by molar-refractivity contribution is 0.103. The normalized spacial score (nSPS) is 10.4. The number of benzene rings is 2. The largest absolute Gasteiger partial charge is 0.497 e. The maximum absolute atomic E-state index is 12.4. The average molecular weight is 388 g/mol.